The molecule has 3 rings (SSSR count). The average molecular weight is 429 g/mol. The van der Waals surface area contributed by atoms with Crippen molar-refractivity contribution in [3.8, 4) is 0 Å². The Morgan fingerprint density at radius 1 is 1.26 bits per heavy atom. The van der Waals surface area contributed by atoms with Crippen LogP contribution < -0.4 is 10.2 Å². The monoisotopic (exact) mass is 428 g/mol. The van der Waals surface area contributed by atoms with Gasteiger partial charge in [-0.1, -0.05) is 30.3 Å². The van der Waals surface area contributed by atoms with Gasteiger partial charge in [0.2, 0.25) is 0 Å². The molecular weight excluding hydrogens is 396 g/mol. The van der Waals surface area contributed by atoms with Crippen LogP contribution in [0.5, 0.6) is 0 Å². The summed E-state index contributed by atoms with van der Waals surface area (Å²) in [5.41, 5.74) is 1.68. The van der Waals surface area contributed by atoms with E-state index >= 15 is 0 Å². The number of aliphatic hydroxyl groups is 1. The molecule has 1 amide bonds. The number of amides is 1. The van der Waals surface area contributed by atoms with Gasteiger partial charge in [-0.2, -0.15) is 5.06 Å². The lowest BCUT2D eigenvalue weighted by Crippen LogP contribution is -2.46. The molecule has 0 bridgehead atoms. The summed E-state index contributed by atoms with van der Waals surface area (Å²) in [6.07, 6.45) is 1.60. The van der Waals surface area contributed by atoms with E-state index in [1.165, 1.54) is 0 Å². The molecule has 0 saturated carbocycles. The van der Waals surface area contributed by atoms with Crippen molar-refractivity contribution < 1.29 is 19.8 Å². The highest BCUT2D eigenvalue weighted by molar-refractivity contribution is 5.68. The summed E-state index contributed by atoms with van der Waals surface area (Å²) in [7, 11) is 0. The van der Waals surface area contributed by atoms with Gasteiger partial charge >= 0.3 is 6.09 Å². The lowest BCUT2D eigenvalue weighted by Gasteiger charge is -2.34. The van der Waals surface area contributed by atoms with Crippen molar-refractivity contribution in [2.45, 2.75) is 58.0 Å². The van der Waals surface area contributed by atoms with Gasteiger partial charge in [-0.15, -0.1) is 0 Å². The largest absolute Gasteiger partial charge is 0.444 e. The lowest BCUT2D eigenvalue weighted by molar-refractivity contribution is -0.208. The van der Waals surface area contributed by atoms with Crippen LogP contribution in [0.1, 0.15) is 51.1 Å². The minimum absolute atomic E-state index is 0.0665. The number of nitrogens with zero attached hydrogens (tertiary/aromatic N) is 3. The summed E-state index contributed by atoms with van der Waals surface area (Å²) >= 11 is 0. The number of carbonyl (C=O) groups excluding carboxylic acids is 1. The molecule has 1 saturated heterocycles. The second-order valence-corrected chi connectivity index (χ2v) is 8.80. The van der Waals surface area contributed by atoms with Crippen molar-refractivity contribution in [3.63, 3.8) is 0 Å². The number of aliphatic hydroxyl groups excluding tert-OH is 1. The summed E-state index contributed by atoms with van der Waals surface area (Å²) in [5.74, 6) is 0. The molecule has 0 spiro atoms. The van der Waals surface area contributed by atoms with Gasteiger partial charge in [0.05, 0.1) is 12.2 Å². The maximum absolute atomic E-state index is 12.0. The minimum atomic E-state index is -1.23. The number of aromatic nitrogens is 1. The summed E-state index contributed by atoms with van der Waals surface area (Å²) in [6, 6.07) is 13.2. The van der Waals surface area contributed by atoms with E-state index < -0.39 is 11.8 Å². The quantitative estimate of drug-likeness (QED) is 0.479. The molecule has 2 aromatic rings. The fourth-order valence-corrected chi connectivity index (χ4v) is 3.54. The van der Waals surface area contributed by atoms with Crippen LogP contribution in [-0.2, 0) is 11.3 Å². The zero-order valence-corrected chi connectivity index (χ0v) is 18.4. The molecule has 1 aliphatic rings. The number of carbonyl (C=O) groups is 1. The maximum Gasteiger partial charge on any atom is 0.407 e. The third-order valence-electron chi connectivity index (χ3n) is 5.08. The van der Waals surface area contributed by atoms with E-state index in [0.29, 0.717) is 5.69 Å². The molecule has 3 N–H and O–H groups in total. The second kappa shape index (κ2) is 10.1. The average Bonchev–Trinajstić information content (AvgIpc) is 2.73. The Kier molecular flexibility index (Phi) is 7.48. The van der Waals surface area contributed by atoms with Gasteiger partial charge in [-0.25, -0.2) is 4.79 Å². The van der Waals surface area contributed by atoms with Gasteiger partial charge in [-0.3, -0.25) is 4.98 Å². The molecule has 168 valence electrons. The van der Waals surface area contributed by atoms with Gasteiger partial charge < -0.3 is 25.3 Å². The highest BCUT2D eigenvalue weighted by Gasteiger charge is 2.25. The molecule has 0 aliphatic carbocycles. The van der Waals surface area contributed by atoms with Gasteiger partial charge in [-0.05, 0) is 51.3 Å². The third kappa shape index (κ3) is 6.92. The fraction of sp³-hybridized carbons (Fsp3) is 0.478. The molecule has 1 atom stereocenters. The second-order valence-electron chi connectivity index (χ2n) is 8.80. The Morgan fingerprint density at radius 2 is 1.94 bits per heavy atom. The number of alkyl carbamates (subject to hydrolysis) is 1. The SMILES string of the molecule is CC(C)(C)OC(=O)NC1CCN(c2ccnc(C(O)N(O)Cc3ccccc3)c2)CC1. The molecule has 31 heavy (non-hydrogen) atoms. The summed E-state index contributed by atoms with van der Waals surface area (Å²) in [5, 5.41) is 24.7. The fourth-order valence-electron chi connectivity index (χ4n) is 3.54. The molecule has 8 heteroatoms. The molecule has 1 unspecified atom stereocenters. The van der Waals surface area contributed by atoms with Crippen LogP contribution in [0.2, 0.25) is 0 Å². The molecule has 1 aromatic carbocycles. The van der Waals surface area contributed by atoms with Gasteiger partial charge in [0.25, 0.3) is 0 Å². The standard InChI is InChI=1S/C23H32N4O4/c1-23(2,3)31-22(29)25-18-10-13-26(14-11-18)19-9-12-24-20(15-19)21(28)27(30)16-17-7-5-4-6-8-17/h4-9,12,15,18,21,28,30H,10-11,13-14,16H2,1-3H3,(H,25,29). The Labute approximate surface area is 183 Å². The zero-order chi connectivity index (χ0) is 22.4. The van der Waals surface area contributed by atoms with Crippen molar-refractivity contribution in [1.82, 2.24) is 15.4 Å². The molecule has 1 aliphatic heterocycles. The van der Waals surface area contributed by atoms with Gasteiger partial charge in [0.15, 0.2) is 6.23 Å². The number of anilines is 1. The van der Waals surface area contributed by atoms with Crippen LogP contribution in [0.25, 0.3) is 0 Å². The number of pyridine rings is 1. The van der Waals surface area contributed by atoms with E-state index in [0.717, 1.165) is 42.2 Å². The molecule has 1 fully saturated rings. The Bertz CT molecular complexity index is 848. The number of hydroxylamine groups is 2. The van der Waals surface area contributed by atoms with E-state index in [1.54, 1.807) is 12.3 Å². The number of hydrogen-bond acceptors (Lipinski definition) is 7. The smallest absolute Gasteiger partial charge is 0.407 e. The number of hydrogen-bond donors (Lipinski definition) is 3. The molecular formula is C23H32N4O4. The minimum Gasteiger partial charge on any atom is -0.444 e. The van der Waals surface area contributed by atoms with Gasteiger partial charge in [0, 0.05) is 31.0 Å². The third-order valence-corrected chi connectivity index (χ3v) is 5.08. The van der Waals surface area contributed by atoms with E-state index in [9.17, 15) is 15.1 Å². The van der Waals surface area contributed by atoms with Crippen LogP contribution in [-0.4, -0.2) is 51.2 Å². The molecule has 1 aromatic heterocycles. The first-order valence-electron chi connectivity index (χ1n) is 10.6. The number of piperidine rings is 1. The molecule has 8 nitrogen and oxygen atoms in total. The van der Waals surface area contributed by atoms with E-state index in [-0.39, 0.29) is 18.7 Å². The highest BCUT2D eigenvalue weighted by atomic mass is 16.6. The van der Waals surface area contributed by atoms with Crippen LogP contribution in [0.3, 0.4) is 0 Å². The highest BCUT2D eigenvalue weighted by Crippen LogP contribution is 2.24. The first-order chi connectivity index (χ1) is 14.7. The summed E-state index contributed by atoms with van der Waals surface area (Å²) in [6.45, 7) is 7.24. The van der Waals surface area contributed by atoms with Crippen molar-refractivity contribution >= 4 is 11.8 Å². The predicted octanol–water partition coefficient (Wildman–Crippen LogP) is 3.46. The Balaban J connectivity index is 1.55. The lowest BCUT2D eigenvalue weighted by atomic mass is 10.0. The van der Waals surface area contributed by atoms with Crippen molar-refractivity contribution in [2.75, 3.05) is 18.0 Å². The number of ether oxygens (including phenoxy) is 1. The van der Waals surface area contributed by atoms with E-state index in [2.05, 4.69) is 15.2 Å². The summed E-state index contributed by atoms with van der Waals surface area (Å²) in [4.78, 5) is 18.4. The van der Waals surface area contributed by atoms with Crippen molar-refractivity contribution in [3.05, 3.63) is 59.9 Å². The molecule has 0 radical (unpaired) electrons. The number of nitrogens with one attached hydrogen (secondary N) is 1. The first-order valence-corrected chi connectivity index (χ1v) is 10.6. The maximum atomic E-state index is 12.0. The summed E-state index contributed by atoms with van der Waals surface area (Å²) < 4.78 is 5.33. The Morgan fingerprint density at radius 3 is 2.58 bits per heavy atom. The van der Waals surface area contributed by atoms with E-state index in [4.69, 9.17) is 4.74 Å². The van der Waals surface area contributed by atoms with Crippen molar-refractivity contribution in [2.24, 2.45) is 0 Å². The normalized spacial score (nSPS) is 16.3. The van der Waals surface area contributed by atoms with E-state index in [1.807, 2.05) is 57.2 Å². The zero-order valence-electron chi connectivity index (χ0n) is 18.4. The van der Waals surface area contributed by atoms with Crippen LogP contribution >= 0.6 is 0 Å². The predicted molar refractivity (Wildman–Crippen MR) is 118 cm³/mol. The molecule has 2 heterocycles. The van der Waals surface area contributed by atoms with Crippen LogP contribution in [0.4, 0.5) is 10.5 Å². The topological polar surface area (TPSA) is 98.2 Å². The van der Waals surface area contributed by atoms with Crippen LogP contribution in [0, 0.1) is 0 Å². The van der Waals surface area contributed by atoms with Crippen molar-refractivity contribution in [1.29, 1.82) is 0 Å². The number of benzene rings is 1. The first kappa shape index (κ1) is 23.0. The Hall–Kier alpha value is -2.68. The number of rotatable bonds is 6. The van der Waals surface area contributed by atoms with Crippen LogP contribution in [0.15, 0.2) is 48.7 Å². The van der Waals surface area contributed by atoms with Gasteiger partial charge in [0.1, 0.15) is 5.60 Å².